The van der Waals surface area contributed by atoms with E-state index in [9.17, 15) is 19.5 Å². The van der Waals surface area contributed by atoms with E-state index < -0.39 is 29.9 Å². The van der Waals surface area contributed by atoms with Crippen molar-refractivity contribution < 1.29 is 29.4 Å². The molecule has 0 saturated carbocycles. The highest BCUT2D eigenvalue weighted by Crippen LogP contribution is 2.19. The van der Waals surface area contributed by atoms with Crippen LogP contribution in [0, 0.1) is 0 Å². The number of hydrogen-bond acceptors (Lipinski definition) is 7. The van der Waals surface area contributed by atoms with Gasteiger partial charge in [-0.05, 0) is 66.6 Å². The quantitative estimate of drug-likeness (QED) is 0.0723. The number of rotatable bonds is 15. The third kappa shape index (κ3) is 13.2. The van der Waals surface area contributed by atoms with Crippen molar-refractivity contribution in [1.29, 1.82) is 0 Å². The van der Waals surface area contributed by atoms with Gasteiger partial charge in [-0.2, -0.15) is 0 Å². The molecule has 0 heterocycles. The molecule has 0 aromatic heterocycles. The molecule has 10 N–H and O–H groups in total. The molecule has 0 aliphatic heterocycles. The van der Waals surface area contributed by atoms with Gasteiger partial charge in [-0.25, -0.2) is 0 Å². The number of fused-ring (bicyclic) bond motifs is 1. The Morgan fingerprint density at radius 1 is 0.957 bits per heavy atom. The maximum absolute atomic E-state index is 13.1. The lowest BCUT2D eigenvalue weighted by Crippen LogP contribution is -2.53. The Morgan fingerprint density at radius 3 is 2.26 bits per heavy atom. The van der Waals surface area contributed by atoms with Gasteiger partial charge in [-0.15, -0.1) is 0 Å². The topological polar surface area (TPSA) is 226 Å². The number of aliphatic imine (C=N–C) groups is 1. The summed E-state index contributed by atoms with van der Waals surface area (Å²) in [6.07, 6.45) is 1.56. The Balaban J connectivity index is 0.00000173. The van der Waals surface area contributed by atoms with Crippen LogP contribution in [0.3, 0.4) is 0 Å². The highest BCUT2D eigenvalue weighted by molar-refractivity contribution is 5.92. The average molecular weight is 636 g/mol. The molecule has 3 aromatic carbocycles. The Labute approximate surface area is 268 Å². The molecule has 13 heteroatoms. The van der Waals surface area contributed by atoms with Crippen molar-refractivity contribution in [2.24, 2.45) is 22.2 Å². The van der Waals surface area contributed by atoms with Gasteiger partial charge in [-0.3, -0.25) is 24.2 Å². The summed E-state index contributed by atoms with van der Waals surface area (Å²) >= 11 is 0. The molecule has 13 nitrogen and oxygen atoms in total. The van der Waals surface area contributed by atoms with Crippen LogP contribution in [0.4, 0.5) is 0 Å². The summed E-state index contributed by atoms with van der Waals surface area (Å²) in [6.45, 7) is 4.04. The van der Waals surface area contributed by atoms with Crippen LogP contribution in [0.1, 0.15) is 37.8 Å². The van der Waals surface area contributed by atoms with Crippen LogP contribution in [-0.4, -0.2) is 83.0 Å². The monoisotopic (exact) mass is 635 g/mol. The Kier molecular flexibility index (Phi) is 15.5. The summed E-state index contributed by atoms with van der Waals surface area (Å²) in [5.41, 5.74) is 18.8. The number of carbonyl (C=O) groups is 4. The van der Waals surface area contributed by atoms with Crippen molar-refractivity contribution in [2.45, 2.75) is 51.6 Å². The number of carboxylic acid groups (broad SMARTS) is 1. The van der Waals surface area contributed by atoms with E-state index in [-0.39, 0.29) is 43.5 Å². The highest BCUT2D eigenvalue weighted by atomic mass is 16.4. The minimum absolute atomic E-state index is 0.0651. The molecule has 0 unspecified atom stereocenters. The van der Waals surface area contributed by atoms with E-state index in [4.69, 9.17) is 27.1 Å². The van der Waals surface area contributed by atoms with Crippen molar-refractivity contribution in [3.05, 3.63) is 77.9 Å². The zero-order valence-corrected chi connectivity index (χ0v) is 26.3. The van der Waals surface area contributed by atoms with Crippen molar-refractivity contribution in [3.8, 4) is 5.75 Å². The second-order valence-corrected chi connectivity index (χ2v) is 10.6. The predicted octanol–water partition coefficient (Wildman–Crippen LogP) is 1.25. The zero-order chi connectivity index (χ0) is 34.1. The summed E-state index contributed by atoms with van der Waals surface area (Å²) in [4.78, 5) is 53.6. The highest BCUT2D eigenvalue weighted by Gasteiger charge is 2.25. The van der Waals surface area contributed by atoms with Gasteiger partial charge in [0.25, 0.3) is 5.97 Å². The molecular formula is C33H45N7O6. The van der Waals surface area contributed by atoms with Crippen LogP contribution in [-0.2, 0) is 32.0 Å². The molecule has 3 amide bonds. The lowest BCUT2D eigenvalue weighted by Gasteiger charge is -2.23. The summed E-state index contributed by atoms with van der Waals surface area (Å²) < 4.78 is 0. The lowest BCUT2D eigenvalue weighted by atomic mass is 10.0. The second kappa shape index (κ2) is 19.3. The average Bonchev–Trinajstić information content (AvgIpc) is 3.02. The minimum atomic E-state index is -0.934. The van der Waals surface area contributed by atoms with Gasteiger partial charge in [0.05, 0.1) is 12.6 Å². The number of benzene rings is 3. The molecule has 0 saturated heterocycles. The number of nitrogens with zero attached hydrogens (tertiary/aromatic N) is 2. The first-order valence-corrected chi connectivity index (χ1v) is 15.0. The number of amides is 3. The van der Waals surface area contributed by atoms with E-state index in [1.165, 1.54) is 12.1 Å². The number of phenolic OH excluding ortho intramolecular Hbond substituents is 1. The molecule has 0 bridgehead atoms. The number of guanidine groups is 1. The fourth-order valence-corrected chi connectivity index (χ4v) is 4.65. The van der Waals surface area contributed by atoms with E-state index in [2.05, 4.69) is 39.9 Å². The summed E-state index contributed by atoms with van der Waals surface area (Å²) in [5.74, 6) is -2.02. The summed E-state index contributed by atoms with van der Waals surface area (Å²) in [7, 11) is 0. The number of carbonyl (C=O) groups excluding carboxylic acids is 3. The van der Waals surface area contributed by atoms with Crippen LogP contribution in [0.15, 0.2) is 71.7 Å². The molecule has 3 aromatic rings. The van der Waals surface area contributed by atoms with Gasteiger partial charge >= 0.3 is 0 Å². The van der Waals surface area contributed by atoms with Gasteiger partial charge < -0.3 is 42.9 Å². The number of hydrogen-bond donors (Lipinski definition) is 7. The van der Waals surface area contributed by atoms with Crippen LogP contribution in [0.5, 0.6) is 5.75 Å². The third-order valence-electron chi connectivity index (χ3n) is 6.99. The third-order valence-corrected chi connectivity index (χ3v) is 6.99. The van der Waals surface area contributed by atoms with Crippen LogP contribution in [0.25, 0.3) is 10.8 Å². The Morgan fingerprint density at radius 2 is 1.61 bits per heavy atom. The molecule has 0 aliphatic rings. The van der Waals surface area contributed by atoms with Crippen LogP contribution >= 0.6 is 0 Å². The standard InChI is InChI=1S/C31H41N7O4.C2H4O2/c1-2-38(18-16-23-9-5-8-22-7-3-4-10-25(22)23)28(40)20-36-30(42)27(11-6-17-35-31(33)34)37-29(41)26(32)19-21-12-14-24(39)15-13-21;1-2(3)4/h3-5,7-10,12-15,26-27,39H,2,6,11,16-20,32H2,1H3,(H,36,42)(H,37,41)(H4,33,34,35);1H3,(H,3,4)/t26-,27+;/m0./s1. The van der Waals surface area contributed by atoms with Gasteiger partial charge in [0.2, 0.25) is 17.7 Å². The number of phenols is 1. The Bertz CT molecular complexity index is 1470. The maximum Gasteiger partial charge on any atom is 0.300 e. The molecule has 0 radical (unpaired) electrons. The summed E-state index contributed by atoms with van der Waals surface area (Å²) in [6, 6.07) is 18.8. The Hall–Kier alpha value is -5.17. The van der Waals surface area contributed by atoms with Crippen molar-refractivity contribution >= 4 is 40.4 Å². The first kappa shape index (κ1) is 37.0. The van der Waals surface area contributed by atoms with E-state index in [1.54, 1.807) is 17.0 Å². The number of aromatic hydroxyl groups is 1. The molecular weight excluding hydrogens is 590 g/mol. The second-order valence-electron chi connectivity index (χ2n) is 10.6. The van der Waals surface area contributed by atoms with Crippen molar-refractivity contribution in [2.75, 3.05) is 26.2 Å². The minimum Gasteiger partial charge on any atom is -0.508 e. The number of aliphatic carboxylic acids is 1. The molecule has 248 valence electrons. The number of nitrogens with two attached hydrogens (primary N) is 3. The first-order chi connectivity index (χ1) is 21.9. The van der Waals surface area contributed by atoms with E-state index >= 15 is 0 Å². The van der Waals surface area contributed by atoms with Crippen molar-refractivity contribution in [3.63, 3.8) is 0 Å². The number of nitrogens with one attached hydrogen (secondary N) is 2. The molecule has 3 rings (SSSR count). The van der Waals surface area contributed by atoms with E-state index in [0.29, 0.717) is 25.9 Å². The molecule has 2 atom stereocenters. The molecule has 0 spiro atoms. The van der Waals surface area contributed by atoms with Gasteiger partial charge in [0, 0.05) is 26.6 Å². The van der Waals surface area contributed by atoms with E-state index in [1.807, 2.05) is 25.1 Å². The SMILES string of the molecule is CC(=O)O.CCN(CCc1cccc2ccccc12)C(=O)CNC(=O)[C@@H](CCCN=C(N)N)NC(=O)[C@@H](N)Cc1ccc(O)cc1. The lowest BCUT2D eigenvalue weighted by molar-refractivity contribution is -0.134. The van der Waals surface area contributed by atoms with Gasteiger partial charge in [0.1, 0.15) is 11.8 Å². The normalized spacial score (nSPS) is 11.7. The van der Waals surface area contributed by atoms with Gasteiger partial charge in [0.15, 0.2) is 5.96 Å². The van der Waals surface area contributed by atoms with Crippen LogP contribution in [0.2, 0.25) is 0 Å². The molecule has 0 aliphatic carbocycles. The zero-order valence-electron chi connectivity index (χ0n) is 26.3. The maximum atomic E-state index is 13.1. The van der Waals surface area contributed by atoms with Gasteiger partial charge in [-0.1, -0.05) is 54.6 Å². The molecule has 0 fully saturated rings. The summed E-state index contributed by atoms with van der Waals surface area (Å²) in [5, 5.41) is 24.6. The fourth-order valence-electron chi connectivity index (χ4n) is 4.65. The predicted molar refractivity (Wildman–Crippen MR) is 178 cm³/mol. The largest absolute Gasteiger partial charge is 0.508 e. The van der Waals surface area contributed by atoms with Crippen molar-refractivity contribution in [1.82, 2.24) is 15.5 Å². The number of likely N-dealkylation sites (N-methyl/N-ethyl adjacent to an activating group) is 1. The number of carboxylic acids is 1. The molecule has 46 heavy (non-hydrogen) atoms. The first-order valence-electron chi connectivity index (χ1n) is 15.0. The smallest absolute Gasteiger partial charge is 0.300 e. The van der Waals surface area contributed by atoms with Crippen LogP contribution < -0.4 is 27.8 Å². The van der Waals surface area contributed by atoms with E-state index in [0.717, 1.165) is 28.8 Å². The fraction of sp³-hybridized carbons (Fsp3) is 0.364.